The maximum atomic E-state index is 12.9. The van der Waals surface area contributed by atoms with E-state index in [4.69, 9.17) is 4.42 Å². The molecule has 0 radical (unpaired) electrons. The largest absolute Gasteiger partial charge is 0.503 e. The number of ketones is 1. The second kappa shape index (κ2) is 6.51. The molecule has 0 atom stereocenters. The van der Waals surface area contributed by atoms with Crippen molar-refractivity contribution in [2.24, 2.45) is 0 Å². The Morgan fingerprint density at radius 1 is 1.36 bits per heavy atom. The molecule has 2 aromatic rings. The Morgan fingerprint density at radius 3 is 2.64 bits per heavy atom. The Balaban J connectivity index is 1.77. The molecular weight excluding hydrogens is 327 g/mol. The summed E-state index contributed by atoms with van der Waals surface area (Å²) in [4.78, 5) is 30.0. The molecule has 0 saturated carbocycles. The van der Waals surface area contributed by atoms with E-state index in [2.05, 4.69) is 4.98 Å². The van der Waals surface area contributed by atoms with E-state index < -0.39 is 17.4 Å². The van der Waals surface area contributed by atoms with Crippen LogP contribution in [0.1, 0.15) is 35.8 Å². The zero-order valence-corrected chi connectivity index (χ0v) is 13.8. The normalized spacial score (nSPS) is 14.7. The van der Waals surface area contributed by atoms with Crippen LogP contribution in [0.5, 0.6) is 0 Å². The highest BCUT2D eigenvalue weighted by Gasteiger charge is 2.36. The predicted molar refractivity (Wildman–Crippen MR) is 86.5 cm³/mol. The monoisotopic (exact) mass is 344 g/mol. The molecule has 3 rings (SSSR count). The average Bonchev–Trinajstić information content (AvgIpc) is 3.15. The molecule has 1 aliphatic rings. The van der Waals surface area contributed by atoms with E-state index in [0.29, 0.717) is 12.3 Å². The molecule has 1 aliphatic heterocycles. The topological polar surface area (TPSA) is 83.6 Å². The molecule has 130 valence electrons. The number of carbonyl (C=O) groups is 2. The number of Topliss-reactive ketones (excluding diaryl/α,β-unsaturated/α-hetero) is 1. The van der Waals surface area contributed by atoms with Gasteiger partial charge in [-0.15, -0.1) is 0 Å². The molecule has 0 unspecified atom stereocenters. The number of nitrogens with zero attached hydrogens (tertiary/aromatic N) is 2. The van der Waals surface area contributed by atoms with E-state index in [1.165, 1.54) is 23.3 Å². The average molecular weight is 344 g/mol. The zero-order chi connectivity index (χ0) is 18.1. The van der Waals surface area contributed by atoms with Crippen molar-refractivity contribution >= 4 is 11.7 Å². The molecule has 0 fully saturated rings. The van der Waals surface area contributed by atoms with Crippen LogP contribution in [0.25, 0.3) is 0 Å². The second-order valence-corrected chi connectivity index (χ2v) is 6.11. The summed E-state index contributed by atoms with van der Waals surface area (Å²) in [7, 11) is 0. The fraction of sp³-hybridized carbons (Fsp3) is 0.278. The molecule has 0 spiro atoms. The molecule has 1 N–H and O–H groups in total. The molecule has 0 aliphatic carbocycles. The third kappa shape index (κ3) is 3.31. The van der Waals surface area contributed by atoms with Gasteiger partial charge in [-0.05, 0) is 31.5 Å². The number of aliphatic hydroxyl groups is 1. The number of hydrogen-bond acceptors (Lipinski definition) is 5. The van der Waals surface area contributed by atoms with Gasteiger partial charge in [-0.2, -0.15) is 0 Å². The van der Waals surface area contributed by atoms with Crippen LogP contribution in [0.3, 0.4) is 0 Å². The van der Waals surface area contributed by atoms with Crippen molar-refractivity contribution < 1.29 is 23.5 Å². The van der Waals surface area contributed by atoms with E-state index in [-0.39, 0.29) is 29.7 Å². The highest BCUT2D eigenvalue weighted by Crippen LogP contribution is 2.23. The summed E-state index contributed by atoms with van der Waals surface area (Å²) in [5.41, 5.74) is 0.823. The van der Waals surface area contributed by atoms with Crippen LogP contribution in [0.4, 0.5) is 4.39 Å². The number of halogens is 1. The van der Waals surface area contributed by atoms with E-state index in [0.717, 1.165) is 5.56 Å². The third-order valence-electron chi connectivity index (χ3n) is 4.03. The molecule has 1 aromatic heterocycles. The van der Waals surface area contributed by atoms with E-state index in [9.17, 15) is 19.1 Å². The van der Waals surface area contributed by atoms with Crippen LogP contribution in [-0.2, 0) is 11.2 Å². The summed E-state index contributed by atoms with van der Waals surface area (Å²) < 4.78 is 18.2. The van der Waals surface area contributed by atoms with E-state index in [1.807, 2.05) is 0 Å². The lowest BCUT2D eigenvalue weighted by molar-refractivity contribution is -0.129. The fourth-order valence-corrected chi connectivity index (χ4v) is 2.61. The van der Waals surface area contributed by atoms with Crippen LogP contribution < -0.4 is 0 Å². The van der Waals surface area contributed by atoms with Gasteiger partial charge in [0.15, 0.2) is 11.6 Å². The summed E-state index contributed by atoms with van der Waals surface area (Å²) in [5.74, 6) is -1.69. The minimum Gasteiger partial charge on any atom is -0.503 e. The zero-order valence-electron chi connectivity index (χ0n) is 13.8. The van der Waals surface area contributed by atoms with Crippen molar-refractivity contribution in [1.29, 1.82) is 0 Å². The highest BCUT2D eigenvalue weighted by atomic mass is 19.1. The number of oxazole rings is 1. The van der Waals surface area contributed by atoms with Gasteiger partial charge < -0.3 is 14.4 Å². The first-order valence-corrected chi connectivity index (χ1v) is 7.83. The van der Waals surface area contributed by atoms with Gasteiger partial charge in [-0.25, -0.2) is 9.37 Å². The number of carbonyl (C=O) groups excluding carboxylic acids is 2. The van der Waals surface area contributed by atoms with Gasteiger partial charge in [-0.3, -0.25) is 9.59 Å². The standard InChI is InChI=1S/C18H17FN2O4/c1-10(2)21-8-13(17(23)18(21)24)16(22)14-9-25-15(20-14)7-11-3-5-12(19)6-4-11/h3-6,9-10,23H,7-8H2,1-2H3. The summed E-state index contributed by atoms with van der Waals surface area (Å²) in [6.45, 7) is 3.65. The lowest BCUT2D eigenvalue weighted by Crippen LogP contribution is -2.34. The second-order valence-electron chi connectivity index (χ2n) is 6.11. The quantitative estimate of drug-likeness (QED) is 0.843. The molecule has 7 heteroatoms. The molecule has 25 heavy (non-hydrogen) atoms. The highest BCUT2D eigenvalue weighted by molar-refractivity contribution is 6.14. The van der Waals surface area contributed by atoms with Crippen molar-refractivity contribution in [3.8, 4) is 0 Å². The molecule has 1 amide bonds. The lowest BCUT2D eigenvalue weighted by Gasteiger charge is -2.20. The summed E-state index contributed by atoms with van der Waals surface area (Å²) >= 11 is 0. The lowest BCUT2D eigenvalue weighted by atomic mass is 10.1. The van der Waals surface area contributed by atoms with Gasteiger partial charge in [-0.1, -0.05) is 12.1 Å². The van der Waals surface area contributed by atoms with Gasteiger partial charge in [0.25, 0.3) is 5.91 Å². The van der Waals surface area contributed by atoms with Crippen molar-refractivity contribution in [3.63, 3.8) is 0 Å². The first kappa shape index (κ1) is 16.9. The van der Waals surface area contributed by atoms with Gasteiger partial charge in [0.05, 0.1) is 12.1 Å². The maximum Gasteiger partial charge on any atom is 0.289 e. The minimum atomic E-state index is -0.562. The number of hydrogen-bond donors (Lipinski definition) is 1. The molecule has 0 bridgehead atoms. The van der Waals surface area contributed by atoms with Gasteiger partial charge in [0.2, 0.25) is 5.78 Å². The molecule has 6 nitrogen and oxygen atoms in total. The smallest absolute Gasteiger partial charge is 0.289 e. The Morgan fingerprint density at radius 2 is 2.04 bits per heavy atom. The molecule has 2 heterocycles. The Bertz CT molecular complexity index is 852. The first-order valence-electron chi connectivity index (χ1n) is 7.83. The predicted octanol–water partition coefficient (Wildman–Crippen LogP) is 2.65. The van der Waals surface area contributed by atoms with Crippen molar-refractivity contribution in [2.45, 2.75) is 26.3 Å². The Labute approximate surface area is 143 Å². The molecular formula is C18H17FN2O4. The van der Waals surface area contributed by atoms with E-state index in [1.54, 1.807) is 26.0 Å². The molecule has 0 saturated heterocycles. The van der Waals surface area contributed by atoms with Crippen molar-refractivity contribution in [3.05, 3.63) is 64.8 Å². The summed E-state index contributed by atoms with van der Waals surface area (Å²) in [6, 6.07) is 5.73. The number of amides is 1. The number of aliphatic hydroxyl groups excluding tert-OH is 1. The number of aromatic nitrogens is 1. The summed E-state index contributed by atoms with van der Waals surface area (Å²) in [6.07, 6.45) is 1.50. The van der Waals surface area contributed by atoms with E-state index >= 15 is 0 Å². The SMILES string of the molecule is CC(C)N1CC(C(=O)c2coc(Cc3ccc(F)cc3)n2)=C(O)C1=O. The number of benzene rings is 1. The minimum absolute atomic E-state index is 0.0142. The van der Waals surface area contributed by atoms with Crippen LogP contribution in [0, 0.1) is 5.82 Å². The van der Waals surface area contributed by atoms with Crippen LogP contribution >= 0.6 is 0 Å². The Hall–Kier alpha value is -2.96. The number of rotatable bonds is 5. The van der Waals surface area contributed by atoms with Gasteiger partial charge in [0.1, 0.15) is 17.8 Å². The maximum absolute atomic E-state index is 12.9. The van der Waals surface area contributed by atoms with Gasteiger partial charge in [0, 0.05) is 12.5 Å². The first-order chi connectivity index (χ1) is 11.9. The fourth-order valence-electron chi connectivity index (χ4n) is 2.61. The Kier molecular flexibility index (Phi) is 4.39. The van der Waals surface area contributed by atoms with Crippen molar-refractivity contribution in [2.75, 3.05) is 6.54 Å². The summed E-state index contributed by atoms with van der Waals surface area (Å²) in [5, 5.41) is 9.95. The van der Waals surface area contributed by atoms with Crippen LogP contribution in [0.2, 0.25) is 0 Å². The van der Waals surface area contributed by atoms with Crippen LogP contribution in [0.15, 0.2) is 46.3 Å². The van der Waals surface area contributed by atoms with Crippen LogP contribution in [-0.4, -0.2) is 39.3 Å². The van der Waals surface area contributed by atoms with Crippen molar-refractivity contribution in [1.82, 2.24) is 9.88 Å². The van der Waals surface area contributed by atoms with Gasteiger partial charge >= 0.3 is 0 Å². The molecule has 1 aromatic carbocycles. The third-order valence-corrected chi connectivity index (χ3v) is 4.03.